The Hall–Kier alpha value is -3.17. The zero-order valence-electron chi connectivity index (χ0n) is 17.6. The molecule has 3 aromatic rings. The fraction of sp³-hybridized carbons (Fsp3) is 0.304. The van der Waals surface area contributed by atoms with Crippen molar-refractivity contribution in [3.63, 3.8) is 0 Å². The average Bonchev–Trinajstić information content (AvgIpc) is 3.13. The first-order valence-electron chi connectivity index (χ1n) is 10.5. The van der Waals surface area contributed by atoms with E-state index in [9.17, 15) is 18.0 Å². The minimum absolute atomic E-state index is 0.0391. The lowest BCUT2D eigenvalue weighted by Gasteiger charge is -2.33. The Morgan fingerprint density at radius 1 is 0.969 bits per heavy atom. The molecule has 1 aromatic heterocycles. The third kappa shape index (κ3) is 5.00. The van der Waals surface area contributed by atoms with Crippen molar-refractivity contribution < 1.29 is 17.6 Å². The molecular weight excluding hydrogens is 430 g/mol. The Morgan fingerprint density at radius 3 is 2.41 bits per heavy atom. The molecule has 0 bridgehead atoms. The molecule has 0 unspecified atom stereocenters. The van der Waals surface area contributed by atoms with Gasteiger partial charge in [-0.15, -0.1) is 0 Å². The number of nitrogens with zero attached hydrogens (tertiary/aromatic N) is 3. The van der Waals surface area contributed by atoms with Gasteiger partial charge in [0.1, 0.15) is 0 Å². The molecule has 8 nitrogen and oxygen atoms in total. The molecule has 2 aromatic carbocycles. The van der Waals surface area contributed by atoms with Crippen LogP contribution in [0.25, 0.3) is 17.2 Å². The number of fused-ring (bicyclic) bond motifs is 1. The summed E-state index contributed by atoms with van der Waals surface area (Å²) in [5, 5.41) is 1.22. The lowest BCUT2D eigenvalue weighted by Crippen LogP contribution is -2.50. The number of benzene rings is 2. The lowest BCUT2D eigenvalue weighted by molar-refractivity contribution is -0.132. The third-order valence-corrected chi connectivity index (χ3v) is 7.09. The molecule has 0 aliphatic carbocycles. The topological polar surface area (TPSA) is 92.8 Å². The largest absolute Gasteiger partial charge is 0.419 e. The molecule has 1 aliphatic rings. The quantitative estimate of drug-likeness (QED) is 0.546. The van der Waals surface area contributed by atoms with Crippen LogP contribution >= 0.6 is 0 Å². The van der Waals surface area contributed by atoms with E-state index in [2.05, 4.69) is 0 Å². The molecule has 1 fully saturated rings. The van der Waals surface area contributed by atoms with Crippen molar-refractivity contribution >= 4 is 33.1 Å². The van der Waals surface area contributed by atoms with Crippen molar-refractivity contribution in [1.29, 1.82) is 0 Å². The van der Waals surface area contributed by atoms with Crippen LogP contribution in [-0.2, 0) is 21.4 Å². The normalized spacial score (nSPS) is 15.6. The first-order valence-corrected chi connectivity index (χ1v) is 12.0. The van der Waals surface area contributed by atoms with E-state index in [1.807, 2.05) is 42.5 Å². The summed E-state index contributed by atoms with van der Waals surface area (Å²) < 4.78 is 33.3. The molecule has 0 spiro atoms. The highest BCUT2D eigenvalue weighted by Crippen LogP contribution is 2.15. The van der Waals surface area contributed by atoms with Gasteiger partial charge in [0, 0.05) is 44.6 Å². The van der Waals surface area contributed by atoms with Crippen molar-refractivity contribution in [3.05, 3.63) is 76.1 Å². The van der Waals surface area contributed by atoms with Crippen LogP contribution in [0.4, 0.5) is 0 Å². The summed E-state index contributed by atoms with van der Waals surface area (Å²) in [4.78, 5) is 26.3. The molecule has 32 heavy (non-hydrogen) atoms. The van der Waals surface area contributed by atoms with Crippen LogP contribution in [0.1, 0.15) is 18.4 Å². The highest BCUT2D eigenvalue weighted by molar-refractivity contribution is 7.92. The summed E-state index contributed by atoms with van der Waals surface area (Å²) >= 11 is 0. The number of amides is 1. The SMILES string of the molecule is O=C(CCCn1c(=O)oc2ccccc21)N1CCN(S(=O)(=O)/C=C/c2ccccc2)CC1. The number of carbonyl (C=O) groups excluding carboxylic acids is 1. The first kappa shape index (κ1) is 22.0. The van der Waals surface area contributed by atoms with Gasteiger partial charge >= 0.3 is 5.76 Å². The average molecular weight is 456 g/mol. The molecule has 0 radical (unpaired) electrons. The van der Waals surface area contributed by atoms with Crippen LogP contribution in [0.5, 0.6) is 0 Å². The zero-order valence-corrected chi connectivity index (χ0v) is 18.4. The summed E-state index contributed by atoms with van der Waals surface area (Å²) in [5.41, 5.74) is 2.06. The number of hydrogen-bond acceptors (Lipinski definition) is 5. The Kier molecular flexibility index (Phi) is 6.57. The maximum absolute atomic E-state index is 12.6. The van der Waals surface area contributed by atoms with Gasteiger partial charge in [-0.1, -0.05) is 42.5 Å². The number of piperazine rings is 1. The number of para-hydroxylation sites is 2. The number of sulfonamides is 1. The second-order valence-corrected chi connectivity index (χ2v) is 9.45. The van der Waals surface area contributed by atoms with Gasteiger partial charge in [-0.05, 0) is 30.2 Å². The van der Waals surface area contributed by atoms with Crippen LogP contribution in [0.3, 0.4) is 0 Å². The highest BCUT2D eigenvalue weighted by Gasteiger charge is 2.27. The Morgan fingerprint density at radius 2 is 1.66 bits per heavy atom. The molecule has 9 heteroatoms. The maximum Gasteiger partial charge on any atom is 0.419 e. The van der Waals surface area contributed by atoms with Crippen LogP contribution in [0.2, 0.25) is 0 Å². The number of oxazole rings is 1. The number of aryl methyl sites for hydroxylation is 1. The van der Waals surface area contributed by atoms with Gasteiger partial charge < -0.3 is 9.32 Å². The highest BCUT2D eigenvalue weighted by atomic mass is 32.2. The fourth-order valence-corrected chi connectivity index (χ4v) is 4.95. The van der Waals surface area contributed by atoms with Crippen LogP contribution in [-0.4, -0.2) is 54.3 Å². The predicted molar refractivity (Wildman–Crippen MR) is 122 cm³/mol. The van der Waals surface area contributed by atoms with E-state index in [0.717, 1.165) is 5.56 Å². The van der Waals surface area contributed by atoms with Gasteiger partial charge in [0.15, 0.2) is 5.58 Å². The van der Waals surface area contributed by atoms with E-state index in [1.165, 1.54) is 14.3 Å². The monoisotopic (exact) mass is 455 g/mol. The summed E-state index contributed by atoms with van der Waals surface area (Å²) in [6.45, 7) is 1.62. The minimum atomic E-state index is -3.54. The van der Waals surface area contributed by atoms with Crippen molar-refractivity contribution in [1.82, 2.24) is 13.8 Å². The molecule has 2 heterocycles. The van der Waals surface area contributed by atoms with E-state index in [4.69, 9.17) is 4.42 Å². The molecule has 168 valence electrons. The predicted octanol–water partition coefficient (Wildman–Crippen LogP) is 2.52. The lowest BCUT2D eigenvalue weighted by atomic mass is 10.2. The molecule has 4 rings (SSSR count). The van der Waals surface area contributed by atoms with Gasteiger partial charge in [0.2, 0.25) is 15.9 Å². The summed E-state index contributed by atoms with van der Waals surface area (Å²) in [6.07, 6.45) is 2.36. The summed E-state index contributed by atoms with van der Waals surface area (Å²) in [6, 6.07) is 16.4. The Balaban J connectivity index is 1.27. The number of carbonyl (C=O) groups is 1. The second kappa shape index (κ2) is 9.54. The molecular formula is C23H25N3O5S. The second-order valence-electron chi connectivity index (χ2n) is 7.63. The molecule has 0 atom stereocenters. The Bertz CT molecular complexity index is 1270. The minimum Gasteiger partial charge on any atom is -0.408 e. The van der Waals surface area contributed by atoms with Gasteiger partial charge in [-0.25, -0.2) is 13.2 Å². The van der Waals surface area contributed by atoms with E-state index in [1.54, 1.807) is 23.1 Å². The number of rotatable bonds is 7. The molecule has 0 saturated carbocycles. The van der Waals surface area contributed by atoms with E-state index in [-0.39, 0.29) is 25.4 Å². The standard InChI is InChI=1S/C23H25N3O5S/c27-22(11-6-13-26-20-9-4-5-10-21(20)31-23(26)28)24-14-16-25(17-15-24)32(29,30)18-12-19-7-2-1-3-8-19/h1-5,7-10,12,18H,6,11,13-17H2/b18-12+. The zero-order chi connectivity index (χ0) is 22.6. The van der Waals surface area contributed by atoms with Crippen LogP contribution < -0.4 is 5.76 Å². The Labute approximate surface area is 186 Å². The van der Waals surface area contributed by atoms with Crippen molar-refractivity contribution in [2.75, 3.05) is 26.2 Å². The molecule has 1 saturated heterocycles. The van der Waals surface area contributed by atoms with Gasteiger partial charge in [0.25, 0.3) is 0 Å². The van der Waals surface area contributed by atoms with Crippen molar-refractivity contribution in [3.8, 4) is 0 Å². The van der Waals surface area contributed by atoms with E-state index in [0.29, 0.717) is 37.2 Å². The van der Waals surface area contributed by atoms with Gasteiger partial charge in [-0.2, -0.15) is 4.31 Å². The number of aromatic nitrogens is 1. The van der Waals surface area contributed by atoms with Gasteiger partial charge in [-0.3, -0.25) is 9.36 Å². The summed E-state index contributed by atoms with van der Waals surface area (Å²) in [5.74, 6) is -0.469. The van der Waals surface area contributed by atoms with Crippen molar-refractivity contribution in [2.45, 2.75) is 19.4 Å². The third-order valence-electron chi connectivity index (χ3n) is 5.53. The van der Waals surface area contributed by atoms with Crippen molar-refractivity contribution in [2.24, 2.45) is 0 Å². The van der Waals surface area contributed by atoms with Gasteiger partial charge in [0.05, 0.1) is 5.52 Å². The fourth-order valence-electron chi connectivity index (χ4n) is 3.78. The smallest absolute Gasteiger partial charge is 0.408 e. The van der Waals surface area contributed by atoms with E-state index < -0.39 is 15.8 Å². The summed E-state index contributed by atoms with van der Waals surface area (Å²) in [7, 11) is -3.54. The molecule has 0 N–H and O–H groups in total. The maximum atomic E-state index is 12.6. The van der Waals surface area contributed by atoms with E-state index >= 15 is 0 Å². The van der Waals surface area contributed by atoms with Crippen LogP contribution in [0.15, 0.2) is 69.2 Å². The van der Waals surface area contributed by atoms with Crippen LogP contribution in [0, 0.1) is 0 Å². The number of hydrogen-bond donors (Lipinski definition) is 0. The first-order chi connectivity index (χ1) is 15.4. The molecule has 1 amide bonds. The molecule has 1 aliphatic heterocycles.